The third-order valence-corrected chi connectivity index (χ3v) is 5.57. The lowest BCUT2D eigenvalue weighted by Crippen LogP contribution is -2.46. The number of aromatic amines is 1. The number of aromatic nitrogens is 3. The summed E-state index contributed by atoms with van der Waals surface area (Å²) in [6.45, 7) is 2.20. The van der Waals surface area contributed by atoms with Gasteiger partial charge in [-0.15, -0.1) is 5.10 Å². The lowest BCUT2D eigenvalue weighted by molar-refractivity contribution is -0.117. The molecule has 188 valence electrons. The summed E-state index contributed by atoms with van der Waals surface area (Å²) < 4.78 is 35.3. The molecule has 13 nitrogen and oxygen atoms in total. The number of H-pyrrole nitrogens is 1. The van der Waals surface area contributed by atoms with Gasteiger partial charge in [0.15, 0.2) is 11.6 Å². The van der Waals surface area contributed by atoms with E-state index in [-0.39, 0.29) is 68.2 Å². The summed E-state index contributed by atoms with van der Waals surface area (Å²) in [6, 6.07) is 1.58. The van der Waals surface area contributed by atoms with E-state index in [1.54, 1.807) is 0 Å². The second-order valence-corrected chi connectivity index (χ2v) is 8.14. The normalized spacial score (nSPS) is 18.4. The minimum absolute atomic E-state index is 0.00736. The van der Waals surface area contributed by atoms with Crippen LogP contribution in [0.15, 0.2) is 12.1 Å². The quantitative estimate of drug-likeness (QED) is 0.463. The van der Waals surface area contributed by atoms with E-state index in [2.05, 4.69) is 25.9 Å². The van der Waals surface area contributed by atoms with E-state index in [0.717, 1.165) is 17.0 Å². The van der Waals surface area contributed by atoms with Crippen LogP contribution in [0, 0.1) is 11.6 Å². The van der Waals surface area contributed by atoms with Crippen LogP contribution in [-0.4, -0.2) is 76.9 Å². The van der Waals surface area contributed by atoms with Crippen molar-refractivity contribution in [3.05, 3.63) is 23.8 Å². The molecule has 0 bridgehead atoms. The maximum Gasteiger partial charge on any atom is 0.414 e. The summed E-state index contributed by atoms with van der Waals surface area (Å²) in [7, 11) is 0. The molecule has 0 radical (unpaired) electrons. The number of ketones is 1. The van der Waals surface area contributed by atoms with Crippen LogP contribution in [0.5, 0.6) is 0 Å². The van der Waals surface area contributed by atoms with Gasteiger partial charge in [0, 0.05) is 38.2 Å². The smallest absolute Gasteiger partial charge is 0.414 e. The molecule has 0 aliphatic carbocycles. The Kier molecular flexibility index (Phi) is 6.95. The number of nitrogens with zero attached hydrogens (tertiary/aromatic N) is 5. The molecule has 1 aromatic heterocycles. The Labute approximate surface area is 198 Å². The van der Waals surface area contributed by atoms with Crippen molar-refractivity contribution in [2.45, 2.75) is 25.9 Å². The zero-order valence-electron chi connectivity index (χ0n) is 18.9. The maximum absolute atomic E-state index is 15.1. The number of halogens is 2. The highest BCUT2D eigenvalue weighted by Gasteiger charge is 2.34. The Morgan fingerprint density at radius 1 is 1.26 bits per heavy atom. The average molecular weight is 493 g/mol. The predicted molar refractivity (Wildman–Crippen MR) is 121 cm³/mol. The molecule has 2 aromatic rings. The number of cyclic esters (lactones) is 1. The first-order valence-electron chi connectivity index (χ1n) is 10.9. The van der Waals surface area contributed by atoms with Gasteiger partial charge < -0.3 is 20.2 Å². The molecular formula is C20H25F2N9O4. The molecular weight excluding hydrogens is 468 g/mol. The van der Waals surface area contributed by atoms with Crippen molar-refractivity contribution in [1.82, 2.24) is 25.6 Å². The summed E-state index contributed by atoms with van der Waals surface area (Å²) >= 11 is 0. The van der Waals surface area contributed by atoms with E-state index in [9.17, 15) is 14.4 Å². The molecule has 5 N–H and O–H groups in total. The number of hydrogen-bond donors (Lipinski definition) is 4. The molecule has 2 fully saturated rings. The van der Waals surface area contributed by atoms with Crippen molar-refractivity contribution in [3.8, 4) is 0 Å². The molecule has 3 amide bonds. The van der Waals surface area contributed by atoms with Gasteiger partial charge in [0.25, 0.3) is 5.95 Å². The number of Topliss-reactive ketones (excluding diaryl/α,β-unsaturated/α-hetero) is 1. The van der Waals surface area contributed by atoms with Gasteiger partial charge in [-0.2, -0.15) is 4.98 Å². The molecule has 4 rings (SSSR count). The van der Waals surface area contributed by atoms with Gasteiger partial charge in [0.05, 0.1) is 18.8 Å². The van der Waals surface area contributed by atoms with Crippen molar-refractivity contribution in [2.24, 2.45) is 0 Å². The van der Waals surface area contributed by atoms with E-state index in [4.69, 9.17) is 10.5 Å². The first-order valence-corrected chi connectivity index (χ1v) is 10.9. The molecule has 1 atom stereocenters. The van der Waals surface area contributed by atoms with E-state index in [0.29, 0.717) is 6.42 Å². The van der Waals surface area contributed by atoms with Crippen LogP contribution in [0.1, 0.15) is 19.8 Å². The highest BCUT2D eigenvalue weighted by Crippen LogP contribution is 2.31. The largest absolute Gasteiger partial charge is 0.444 e. The van der Waals surface area contributed by atoms with Crippen LogP contribution in [0.2, 0.25) is 0 Å². The Bertz CT molecular complexity index is 1100. The summed E-state index contributed by atoms with van der Waals surface area (Å²) in [4.78, 5) is 42.2. The summed E-state index contributed by atoms with van der Waals surface area (Å²) in [6.07, 6.45) is -0.662. The van der Waals surface area contributed by atoms with Gasteiger partial charge in [-0.25, -0.2) is 28.9 Å². The highest BCUT2D eigenvalue weighted by atomic mass is 19.1. The van der Waals surface area contributed by atoms with Crippen molar-refractivity contribution in [1.29, 1.82) is 0 Å². The zero-order chi connectivity index (χ0) is 25.1. The van der Waals surface area contributed by atoms with E-state index < -0.39 is 29.9 Å². The second-order valence-electron chi connectivity index (χ2n) is 8.14. The zero-order valence-corrected chi connectivity index (χ0v) is 18.9. The van der Waals surface area contributed by atoms with Crippen molar-refractivity contribution >= 4 is 41.2 Å². The molecule has 35 heavy (non-hydrogen) atoms. The van der Waals surface area contributed by atoms with Crippen LogP contribution < -0.4 is 26.3 Å². The molecule has 0 unspecified atom stereocenters. The number of carbonyl (C=O) groups is 3. The van der Waals surface area contributed by atoms with Crippen LogP contribution >= 0.6 is 0 Å². The fourth-order valence-corrected chi connectivity index (χ4v) is 3.88. The van der Waals surface area contributed by atoms with Gasteiger partial charge in [-0.05, 0) is 13.3 Å². The van der Waals surface area contributed by atoms with Crippen molar-refractivity contribution in [3.63, 3.8) is 0 Å². The number of rotatable bonds is 6. The molecule has 3 heterocycles. The maximum atomic E-state index is 15.1. The number of amides is 3. The van der Waals surface area contributed by atoms with Crippen LogP contribution in [0.25, 0.3) is 0 Å². The van der Waals surface area contributed by atoms with Gasteiger partial charge >= 0.3 is 12.1 Å². The first-order chi connectivity index (χ1) is 16.7. The van der Waals surface area contributed by atoms with Gasteiger partial charge in [0.1, 0.15) is 17.6 Å². The minimum Gasteiger partial charge on any atom is -0.444 e. The number of nitrogens with two attached hydrogens (primary N) is 1. The third kappa shape index (κ3) is 5.56. The number of hydrazine groups is 1. The first kappa shape index (κ1) is 24.1. The standard InChI is InChI=1S/C20H25F2N9O4/c1-11(32)2-3-13-10-30(20(34)35-13)12-8-14(21)16(15(22)9-12)29-5-4-24-31(7-6-29)19(33)26-18-25-17(23)27-28-18/h8-9,13,24H,2-7,10H2,1H3,(H4,23,25,26,27,28,33)/t13-/m0/s1. The van der Waals surface area contributed by atoms with E-state index in [1.165, 1.54) is 16.8 Å². The number of urea groups is 1. The Morgan fingerprint density at radius 3 is 2.66 bits per heavy atom. The number of hydrogen-bond acceptors (Lipinski definition) is 9. The predicted octanol–water partition coefficient (Wildman–Crippen LogP) is 1.22. The fraction of sp³-hybridized carbons (Fsp3) is 0.450. The summed E-state index contributed by atoms with van der Waals surface area (Å²) in [5, 5.41) is 9.82. The molecule has 0 spiro atoms. The van der Waals surface area contributed by atoms with Gasteiger partial charge in [-0.3, -0.25) is 15.2 Å². The molecule has 2 aliphatic rings. The monoisotopic (exact) mass is 493 g/mol. The number of nitrogens with one attached hydrogen (secondary N) is 3. The lowest BCUT2D eigenvalue weighted by atomic mass is 10.1. The molecule has 15 heteroatoms. The fourth-order valence-electron chi connectivity index (χ4n) is 3.88. The van der Waals surface area contributed by atoms with Crippen molar-refractivity contribution < 1.29 is 27.9 Å². The Balaban J connectivity index is 1.41. The topological polar surface area (TPSA) is 162 Å². The van der Waals surface area contributed by atoms with Crippen LogP contribution in [0.4, 0.5) is 41.6 Å². The molecule has 2 saturated heterocycles. The summed E-state index contributed by atoms with van der Waals surface area (Å²) in [5.74, 6) is -1.71. The molecule has 0 saturated carbocycles. The Hall–Kier alpha value is -4.01. The number of ether oxygens (including phenoxy) is 1. The number of anilines is 4. The van der Waals surface area contributed by atoms with Crippen LogP contribution in [0.3, 0.4) is 0 Å². The van der Waals surface area contributed by atoms with Gasteiger partial charge in [0.2, 0.25) is 5.95 Å². The van der Waals surface area contributed by atoms with Crippen molar-refractivity contribution in [2.75, 3.05) is 53.6 Å². The highest BCUT2D eigenvalue weighted by molar-refractivity contribution is 5.90. The molecule has 1 aromatic carbocycles. The number of benzene rings is 1. The Morgan fingerprint density at radius 2 is 2.00 bits per heavy atom. The minimum atomic E-state index is -0.853. The summed E-state index contributed by atoms with van der Waals surface area (Å²) in [5.41, 5.74) is 8.07. The second kappa shape index (κ2) is 10.1. The van der Waals surface area contributed by atoms with Crippen LogP contribution in [-0.2, 0) is 9.53 Å². The van der Waals surface area contributed by atoms with E-state index in [1.807, 2.05) is 0 Å². The van der Waals surface area contributed by atoms with Gasteiger partial charge in [-0.1, -0.05) is 0 Å². The third-order valence-electron chi connectivity index (χ3n) is 5.57. The number of carbonyl (C=O) groups excluding carboxylic acids is 3. The molecule has 2 aliphatic heterocycles. The average Bonchev–Trinajstić information content (AvgIpc) is 3.28. The SMILES string of the molecule is CC(=O)CC[C@H]1CN(c2cc(F)c(N3CCNN(C(=O)Nc4n[nH]c(N)n4)CC3)c(F)c2)C(=O)O1. The lowest BCUT2D eigenvalue weighted by Gasteiger charge is -2.25. The number of nitrogen functional groups attached to an aromatic ring is 1. The van der Waals surface area contributed by atoms with E-state index >= 15 is 8.78 Å².